The summed E-state index contributed by atoms with van der Waals surface area (Å²) in [6, 6.07) is 0.0291. The van der Waals surface area contributed by atoms with Gasteiger partial charge in [-0.2, -0.15) is 5.06 Å². The Morgan fingerprint density at radius 3 is 2.71 bits per heavy atom. The van der Waals surface area contributed by atoms with Crippen molar-refractivity contribution in [2.75, 3.05) is 0 Å². The summed E-state index contributed by atoms with van der Waals surface area (Å²) in [6.45, 7) is 5.59. The molecule has 0 aromatic heterocycles. The van der Waals surface area contributed by atoms with Crippen molar-refractivity contribution in [3.8, 4) is 0 Å². The molecule has 2 heterocycles. The predicted molar refractivity (Wildman–Crippen MR) is 64.3 cm³/mol. The summed E-state index contributed by atoms with van der Waals surface area (Å²) >= 11 is 0. The van der Waals surface area contributed by atoms with Gasteiger partial charge in [0.15, 0.2) is 0 Å². The molecular formula is C13H21NO3. The zero-order valence-electron chi connectivity index (χ0n) is 10.8. The second kappa shape index (κ2) is 4.69. The zero-order chi connectivity index (χ0) is 12.5. The largest absolute Gasteiger partial charge is 0.442 e. The van der Waals surface area contributed by atoms with E-state index in [1.807, 2.05) is 20.8 Å². The van der Waals surface area contributed by atoms with Crippen molar-refractivity contribution in [1.29, 1.82) is 0 Å². The van der Waals surface area contributed by atoms with Gasteiger partial charge in [0.2, 0.25) is 0 Å². The Morgan fingerprint density at radius 1 is 1.29 bits per heavy atom. The molecular weight excluding hydrogens is 218 g/mol. The summed E-state index contributed by atoms with van der Waals surface area (Å²) < 4.78 is 5.35. The molecule has 1 saturated heterocycles. The number of fused-ring (bicyclic) bond motifs is 4. The van der Waals surface area contributed by atoms with Crippen LogP contribution in [0.25, 0.3) is 0 Å². The summed E-state index contributed by atoms with van der Waals surface area (Å²) in [5.74, 6) is 0. The van der Waals surface area contributed by atoms with E-state index < -0.39 is 5.60 Å². The van der Waals surface area contributed by atoms with Crippen molar-refractivity contribution in [2.45, 2.75) is 64.2 Å². The molecule has 2 aliphatic heterocycles. The van der Waals surface area contributed by atoms with Crippen LogP contribution < -0.4 is 0 Å². The maximum Gasteiger partial charge on any atom is 0.435 e. The van der Waals surface area contributed by atoms with Crippen molar-refractivity contribution in [3.05, 3.63) is 12.2 Å². The average Bonchev–Trinajstić information content (AvgIpc) is 2.15. The van der Waals surface area contributed by atoms with Gasteiger partial charge in [-0.1, -0.05) is 25.0 Å². The standard InChI is InChI=1S/C13H21NO3/c1-13(2,3)16-12(15)14-10-6-4-5-7-11(17-14)9-8-10/h8-11H,4-7H2,1-3H3/t10-,11+/m1/s1. The third-order valence-electron chi connectivity index (χ3n) is 2.91. The van der Waals surface area contributed by atoms with E-state index in [0.29, 0.717) is 0 Å². The summed E-state index contributed by atoms with van der Waals surface area (Å²) in [7, 11) is 0. The Bertz CT molecular complexity index is 319. The van der Waals surface area contributed by atoms with E-state index >= 15 is 0 Å². The molecule has 4 nitrogen and oxygen atoms in total. The van der Waals surface area contributed by atoms with E-state index in [9.17, 15) is 4.79 Å². The van der Waals surface area contributed by atoms with Crippen molar-refractivity contribution in [3.63, 3.8) is 0 Å². The first kappa shape index (κ1) is 12.4. The van der Waals surface area contributed by atoms with E-state index in [1.165, 1.54) is 5.06 Å². The predicted octanol–water partition coefficient (Wildman–Crippen LogP) is 3.04. The highest BCUT2D eigenvalue weighted by Gasteiger charge is 2.33. The number of amides is 1. The summed E-state index contributed by atoms with van der Waals surface area (Å²) in [4.78, 5) is 17.7. The maximum absolute atomic E-state index is 12.0. The minimum atomic E-state index is -0.480. The number of carbonyl (C=O) groups is 1. The molecule has 1 amide bonds. The molecule has 0 saturated carbocycles. The lowest BCUT2D eigenvalue weighted by atomic mass is 9.99. The van der Waals surface area contributed by atoms with Gasteiger partial charge in [-0.05, 0) is 33.6 Å². The van der Waals surface area contributed by atoms with Crippen LogP contribution >= 0.6 is 0 Å². The van der Waals surface area contributed by atoms with E-state index in [4.69, 9.17) is 9.57 Å². The number of hydrogen-bond acceptors (Lipinski definition) is 3. The second-order valence-corrected chi connectivity index (χ2v) is 5.69. The van der Waals surface area contributed by atoms with E-state index in [-0.39, 0.29) is 18.2 Å². The Labute approximate surface area is 103 Å². The first-order chi connectivity index (χ1) is 7.96. The molecule has 4 heteroatoms. The van der Waals surface area contributed by atoms with Gasteiger partial charge in [-0.3, -0.25) is 4.84 Å². The molecule has 0 N–H and O–H groups in total. The third kappa shape index (κ3) is 3.22. The van der Waals surface area contributed by atoms with Gasteiger partial charge < -0.3 is 4.74 Å². The highest BCUT2D eigenvalue weighted by molar-refractivity contribution is 5.67. The zero-order valence-corrected chi connectivity index (χ0v) is 10.8. The highest BCUT2D eigenvalue weighted by Crippen LogP contribution is 2.26. The normalized spacial score (nSPS) is 28.8. The fourth-order valence-electron chi connectivity index (χ4n) is 2.14. The molecule has 1 fully saturated rings. The minimum absolute atomic E-state index is 0.0269. The number of hydroxylamine groups is 2. The topological polar surface area (TPSA) is 38.8 Å². The molecule has 96 valence electrons. The molecule has 3 aliphatic rings. The fourth-order valence-corrected chi connectivity index (χ4v) is 2.14. The molecule has 0 aromatic rings. The van der Waals surface area contributed by atoms with E-state index in [2.05, 4.69) is 12.2 Å². The Hall–Kier alpha value is -1.03. The van der Waals surface area contributed by atoms with Gasteiger partial charge in [-0.25, -0.2) is 4.79 Å². The smallest absolute Gasteiger partial charge is 0.435 e. The highest BCUT2D eigenvalue weighted by atomic mass is 16.7. The van der Waals surface area contributed by atoms with Crippen molar-refractivity contribution in [1.82, 2.24) is 5.06 Å². The Balaban J connectivity index is 2.06. The first-order valence-electron chi connectivity index (χ1n) is 6.33. The SMILES string of the molecule is CC(C)(C)OC(=O)N1O[C@@H]2C=C[C@H]1CCCC2. The lowest BCUT2D eigenvalue weighted by Crippen LogP contribution is -2.47. The summed E-state index contributed by atoms with van der Waals surface area (Å²) in [5, 5.41) is 1.41. The second-order valence-electron chi connectivity index (χ2n) is 5.69. The van der Waals surface area contributed by atoms with Crippen molar-refractivity contribution >= 4 is 6.09 Å². The van der Waals surface area contributed by atoms with Gasteiger partial charge in [0.1, 0.15) is 11.7 Å². The van der Waals surface area contributed by atoms with Gasteiger partial charge in [0.05, 0.1) is 6.04 Å². The minimum Gasteiger partial charge on any atom is -0.442 e. The molecule has 2 atom stereocenters. The molecule has 17 heavy (non-hydrogen) atoms. The van der Waals surface area contributed by atoms with E-state index in [1.54, 1.807) is 0 Å². The van der Waals surface area contributed by atoms with Crippen LogP contribution in [0.3, 0.4) is 0 Å². The lowest BCUT2D eigenvalue weighted by molar-refractivity contribution is -0.197. The van der Waals surface area contributed by atoms with Gasteiger partial charge in [0, 0.05) is 0 Å². The summed E-state index contributed by atoms with van der Waals surface area (Å²) in [6.07, 6.45) is 7.99. The number of rotatable bonds is 0. The Morgan fingerprint density at radius 2 is 2.00 bits per heavy atom. The van der Waals surface area contributed by atoms with Gasteiger partial charge in [0.25, 0.3) is 0 Å². The molecule has 0 aromatic carbocycles. The van der Waals surface area contributed by atoms with Crippen molar-refractivity contribution in [2.24, 2.45) is 0 Å². The average molecular weight is 239 g/mol. The van der Waals surface area contributed by atoms with Crippen LogP contribution in [0.15, 0.2) is 12.2 Å². The van der Waals surface area contributed by atoms with Crippen LogP contribution in [0.4, 0.5) is 4.79 Å². The van der Waals surface area contributed by atoms with Crippen LogP contribution in [0.5, 0.6) is 0 Å². The quantitative estimate of drug-likeness (QED) is 0.610. The molecule has 1 aliphatic carbocycles. The first-order valence-corrected chi connectivity index (χ1v) is 6.33. The van der Waals surface area contributed by atoms with Crippen molar-refractivity contribution < 1.29 is 14.4 Å². The van der Waals surface area contributed by atoms with Crippen LogP contribution in [0.1, 0.15) is 46.5 Å². The maximum atomic E-state index is 12.0. The van der Waals surface area contributed by atoms with Gasteiger partial charge >= 0.3 is 6.09 Å². The monoisotopic (exact) mass is 239 g/mol. The molecule has 0 unspecified atom stereocenters. The van der Waals surface area contributed by atoms with Crippen LogP contribution in [0.2, 0.25) is 0 Å². The lowest BCUT2D eigenvalue weighted by Gasteiger charge is -2.37. The Kier molecular flexibility index (Phi) is 3.43. The molecule has 0 spiro atoms. The number of hydrogen-bond donors (Lipinski definition) is 0. The van der Waals surface area contributed by atoms with Crippen LogP contribution in [0, 0.1) is 0 Å². The van der Waals surface area contributed by atoms with E-state index in [0.717, 1.165) is 25.7 Å². The molecule has 2 bridgehead atoms. The van der Waals surface area contributed by atoms with Crippen LogP contribution in [-0.2, 0) is 9.57 Å². The summed E-state index contributed by atoms with van der Waals surface area (Å²) in [5.41, 5.74) is -0.480. The fraction of sp³-hybridized carbons (Fsp3) is 0.769. The van der Waals surface area contributed by atoms with Gasteiger partial charge in [-0.15, -0.1) is 0 Å². The third-order valence-corrected chi connectivity index (χ3v) is 2.91. The number of carbonyl (C=O) groups excluding carboxylic acids is 1. The molecule has 0 radical (unpaired) electrons. The number of ether oxygens (including phenoxy) is 1. The number of nitrogens with zero attached hydrogens (tertiary/aromatic N) is 1. The molecule has 3 rings (SSSR count). The van der Waals surface area contributed by atoms with Crippen LogP contribution in [-0.4, -0.2) is 28.9 Å².